The van der Waals surface area contributed by atoms with Crippen molar-refractivity contribution in [2.75, 3.05) is 6.61 Å². The first-order chi connectivity index (χ1) is 8.40. The minimum absolute atomic E-state index is 0.0611. The first-order valence-electron chi connectivity index (χ1n) is 6.09. The van der Waals surface area contributed by atoms with Gasteiger partial charge in [-0.2, -0.15) is 0 Å². The van der Waals surface area contributed by atoms with Crippen LogP contribution in [-0.2, 0) is 14.3 Å². The summed E-state index contributed by atoms with van der Waals surface area (Å²) in [6.45, 7) is 9.86. The normalized spacial score (nSPS) is 19.7. The predicted molar refractivity (Wildman–Crippen MR) is 71.0 cm³/mol. The fourth-order valence-corrected chi connectivity index (χ4v) is 1.81. The highest BCUT2D eigenvalue weighted by Gasteiger charge is 2.27. The molecule has 3 heteroatoms. The van der Waals surface area contributed by atoms with Gasteiger partial charge in [-0.15, -0.1) is 0 Å². The molecule has 18 heavy (non-hydrogen) atoms. The van der Waals surface area contributed by atoms with E-state index in [2.05, 4.69) is 6.58 Å². The van der Waals surface area contributed by atoms with Crippen molar-refractivity contribution in [2.45, 2.75) is 33.6 Å². The third-order valence-electron chi connectivity index (χ3n) is 2.82. The van der Waals surface area contributed by atoms with Crippen molar-refractivity contribution in [1.29, 1.82) is 0 Å². The first-order valence-corrected chi connectivity index (χ1v) is 6.09. The van der Waals surface area contributed by atoms with Gasteiger partial charge in [0.2, 0.25) is 0 Å². The topological polar surface area (TPSA) is 43.4 Å². The number of cyclic esters (lactones) is 1. The Labute approximate surface area is 108 Å². The number of hydrogen-bond donors (Lipinski definition) is 0. The average molecular weight is 248 g/mol. The third-order valence-corrected chi connectivity index (χ3v) is 2.82. The Bertz CT molecular complexity index is 423. The molecule has 0 radical (unpaired) electrons. The summed E-state index contributed by atoms with van der Waals surface area (Å²) in [4.78, 5) is 22.7. The van der Waals surface area contributed by atoms with E-state index in [1.165, 1.54) is 0 Å². The minimum Gasteiger partial charge on any atom is -0.462 e. The third kappa shape index (κ3) is 4.32. The Morgan fingerprint density at radius 3 is 2.61 bits per heavy atom. The van der Waals surface area contributed by atoms with Crippen molar-refractivity contribution in [1.82, 2.24) is 0 Å². The summed E-state index contributed by atoms with van der Waals surface area (Å²) in [5.74, 6) is -0.126. The summed E-state index contributed by atoms with van der Waals surface area (Å²) in [5.41, 5.74) is 2.57. The number of hydrogen-bond acceptors (Lipinski definition) is 3. The van der Waals surface area contributed by atoms with Crippen molar-refractivity contribution in [3.63, 3.8) is 0 Å². The van der Waals surface area contributed by atoms with Crippen LogP contribution in [0.1, 0.15) is 33.6 Å². The van der Waals surface area contributed by atoms with Crippen LogP contribution in [0, 0.1) is 5.92 Å². The van der Waals surface area contributed by atoms with E-state index >= 15 is 0 Å². The fourth-order valence-electron chi connectivity index (χ4n) is 1.81. The SMILES string of the molecule is C=C1C(=O)OC[C@@H]1C/C=C(\C)CC(=O)C=C(C)C. The highest BCUT2D eigenvalue weighted by molar-refractivity contribution is 5.92. The van der Waals surface area contributed by atoms with Gasteiger partial charge in [0.1, 0.15) is 0 Å². The van der Waals surface area contributed by atoms with Gasteiger partial charge in [-0.1, -0.05) is 23.8 Å². The van der Waals surface area contributed by atoms with Gasteiger partial charge in [0.25, 0.3) is 0 Å². The summed E-state index contributed by atoms with van der Waals surface area (Å²) in [6.07, 6.45) is 4.78. The van der Waals surface area contributed by atoms with Gasteiger partial charge in [-0.3, -0.25) is 4.79 Å². The molecule has 0 spiro atoms. The van der Waals surface area contributed by atoms with E-state index in [1.807, 2.05) is 26.8 Å². The maximum atomic E-state index is 11.6. The molecule has 1 aliphatic heterocycles. The smallest absolute Gasteiger partial charge is 0.333 e. The van der Waals surface area contributed by atoms with Crippen LogP contribution in [0.4, 0.5) is 0 Å². The largest absolute Gasteiger partial charge is 0.462 e. The first kappa shape index (κ1) is 14.4. The summed E-state index contributed by atoms with van der Waals surface area (Å²) in [6, 6.07) is 0. The van der Waals surface area contributed by atoms with Gasteiger partial charge in [-0.25, -0.2) is 4.79 Å². The zero-order valence-corrected chi connectivity index (χ0v) is 11.3. The van der Waals surface area contributed by atoms with E-state index in [0.29, 0.717) is 25.0 Å². The standard InChI is InChI=1S/C15H20O3/c1-10(2)7-14(16)8-11(3)5-6-13-9-18-15(17)12(13)4/h5,7,13H,4,6,8-9H2,1-3H3/b11-5+/t13-/m0/s1. The van der Waals surface area contributed by atoms with Gasteiger partial charge in [0.05, 0.1) is 6.61 Å². The molecule has 0 aromatic heterocycles. The molecule has 0 aliphatic carbocycles. The van der Waals surface area contributed by atoms with Crippen LogP contribution in [-0.4, -0.2) is 18.4 Å². The molecule has 0 aromatic rings. The molecule has 1 saturated heterocycles. The van der Waals surface area contributed by atoms with Crippen LogP contribution in [0.3, 0.4) is 0 Å². The van der Waals surface area contributed by atoms with Gasteiger partial charge >= 0.3 is 5.97 Å². The Balaban J connectivity index is 2.48. The van der Waals surface area contributed by atoms with Gasteiger partial charge < -0.3 is 4.74 Å². The molecular weight excluding hydrogens is 228 g/mol. The van der Waals surface area contributed by atoms with Crippen LogP contribution < -0.4 is 0 Å². The lowest BCUT2D eigenvalue weighted by Crippen LogP contribution is -2.01. The lowest BCUT2D eigenvalue weighted by Gasteiger charge is -2.04. The second-order valence-electron chi connectivity index (χ2n) is 4.97. The number of carbonyl (C=O) groups excluding carboxylic acids is 2. The second kappa shape index (κ2) is 6.34. The second-order valence-corrected chi connectivity index (χ2v) is 4.97. The monoisotopic (exact) mass is 248 g/mol. The fraction of sp³-hybridized carbons (Fsp3) is 0.467. The van der Waals surface area contributed by atoms with Gasteiger partial charge in [0, 0.05) is 17.9 Å². The molecule has 0 unspecified atom stereocenters. The number of esters is 1. The van der Waals surface area contributed by atoms with E-state index in [1.54, 1.807) is 6.08 Å². The summed E-state index contributed by atoms with van der Waals surface area (Å²) < 4.78 is 4.90. The molecule has 98 valence electrons. The van der Waals surface area contributed by atoms with Crippen LogP contribution in [0.5, 0.6) is 0 Å². The van der Waals surface area contributed by atoms with Crippen LogP contribution in [0.2, 0.25) is 0 Å². The molecule has 1 rings (SSSR count). The number of carbonyl (C=O) groups is 2. The van der Waals surface area contributed by atoms with Crippen LogP contribution in [0.25, 0.3) is 0 Å². The average Bonchev–Trinajstić information content (AvgIpc) is 2.56. The Morgan fingerprint density at radius 2 is 2.11 bits per heavy atom. The van der Waals surface area contributed by atoms with Gasteiger partial charge in [-0.05, 0) is 33.3 Å². The molecule has 1 heterocycles. The van der Waals surface area contributed by atoms with Crippen molar-refractivity contribution in [3.8, 4) is 0 Å². The number of rotatable bonds is 5. The van der Waals surface area contributed by atoms with E-state index in [9.17, 15) is 9.59 Å². The molecule has 3 nitrogen and oxygen atoms in total. The quantitative estimate of drug-likeness (QED) is 0.427. The van der Waals surface area contributed by atoms with Crippen molar-refractivity contribution >= 4 is 11.8 Å². The molecule has 0 N–H and O–H groups in total. The summed E-state index contributed by atoms with van der Waals surface area (Å²) >= 11 is 0. The highest BCUT2D eigenvalue weighted by atomic mass is 16.5. The molecule has 0 amide bonds. The molecule has 0 saturated carbocycles. The van der Waals surface area contributed by atoms with Crippen LogP contribution in [0.15, 0.2) is 35.5 Å². The summed E-state index contributed by atoms with van der Waals surface area (Å²) in [5, 5.41) is 0. The van der Waals surface area contributed by atoms with Crippen molar-refractivity contribution in [2.24, 2.45) is 5.92 Å². The maximum Gasteiger partial charge on any atom is 0.333 e. The zero-order valence-electron chi connectivity index (χ0n) is 11.3. The Morgan fingerprint density at radius 1 is 1.44 bits per heavy atom. The predicted octanol–water partition coefficient (Wildman–Crippen LogP) is 2.98. The van der Waals surface area contributed by atoms with Crippen molar-refractivity contribution in [3.05, 3.63) is 35.5 Å². The lowest BCUT2D eigenvalue weighted by molar-refractivity contribution is -0.135. The minimum atomic E-state index is -0.299. The van der Waals surface area contributed by atoms with E-state index in [4.69, 9.17) is 4.74 Å². The number of ketones is 1. The molecular formula is C15H20O3. The van der Waals surface area contributed by atoms with E-state index in [0.717, 1.165) is 11.1 Å². The molecule has 1 fully saturated rings. The Hall–Kier alpha value is -1.64. The molecule has 1 aliphatic rings. The molecule has 0 aromatic carbocycles. The lowest BCUT2D eigenvalue weighted by atomic mass is 9.98. The van der Waals surface area contributed by atoms with Gasteiger partial charge in [0.15, 0.2) is 5.78 Å². The summed E-state index contributed by atoms with van der Waals surface area (Å²) in [7, 11) is 0. The van der Waals surface area contributed by atoms with Crippen LogP contribution >= 0.6 is 0 Å². The molecule has 0 bridgehead atoms. The van der Waals surface area contributed by atoms with E-state index < -0.39 is 0 Å². The number of allylic oxidation sites excluding steroid dienone is 4. The van der Waals surface area contributed by atoms with Crippen molar-refractivity contribution < 1.29 is 14.3 Å². The maximum absolute atomic E-state index is 11.6. The zero-order chi connectivity index (χ0) is 13.7. The molecule has 1 atom stereocenters. The highest BCUT2D eigenvalue weighted by Crippen LogP contribution is 2.23. The Kier molecular flexibility index (Phi) is 5.08. The van der Waals surface area contributed by atoms with E-state index in [-0.39, 0.29) is 17.7 Å². The number of ether oxygens (including phenoxy) is 1.